The van der Waals surface area contributed by atoms with Crippen molar-refractivity contribution in [3.05, 3.63) is 29.3 Å². The molecule has 0 atom stereocenters. The first-order chi connectivity index (χ1) is 8.81. The molecule has 0 fully saturated rings. The fourth-order valence-corrected chi connectivity index (χ4v) is 2.53. The number of aryl methyl sites for hydroxylation is 1. The standard InChI is InChI=1S/C16H22O2/c1-2-3-4-12-16(17)18-15-11-7-9-13-8-5-6-10-14(13)15/h7,9,11H,2-6,8,10,12H2,1H3. The molecule has 0 saturated heterocycles. The molecule has 2 rings (SSSR count). The molecule has 0 aliphatic heterocycles. The van der Waals surface area contributed by atoms with Gasteiger partial charge in [-0.1, -0.05) is 31.9 Å². The number of hydrogen-bond acceptors (Lipinski definition) is 2. The number of benzene rings is 1. The predicted molar refractivity (Wildman–Crippen MR) is 72.9 cm³/mol. The van der Waals surface area contributed by atoms with E-state index in [1.54, 1.807) is 0 Å². The Kier molecular flexibility index (Phi) is 4.80. The second-order valence-corrected chi connectivity index (χ2v) is 5.03. The van der Waals surface area contributed by atoms with Crippen molar-refractivity contribution >= 4 is 5.97 Å². The Balaban J connectivity index is 1.98. The fraction of sp³-hybridized carbons (Fsp3) is 0.562. The zero-order chi connectivity index (χ0) is 12.8. The van der Waals surface area contributed by atoms with Crippen molar-refractivity contribution in [2.24, 2.45) is 0 Å². The molecule has 1 aromatic carbocycles. The van der Waals surface area contributed by atoms with Crippen LogP contribution in [0.4, 0.5) is 0 Å². The van der Waals surface area contributed by atoms with Gasteiger partial charge in [0, 0.05) is 6.42 Å². The number of carbonyl (C=O) groups excluding carboxylic acids is 1. The smallest absolute Gasteiger partial charge is 0.311 e. The van der Waals surface area contributed by atoms with Crippen molar-refractivity contribution in [1.29, 1.82) is 0 Å². The first-order valence-electron chi connectivity index (χ1n) is 7.12. The summed E-state index contributed by atoms with van der Waals surface area (Å²) in [5.41, 5.74) is 2.62. The molecule has 0 radical (unpaired) electrons. The Labute approximate surface area is 109 Å². The van der Waals surface area contributed by atoms with Crippen LogP contribution in [0.5, 0.6) is 5.75 Å². The summed E-state index contributed by atoms with van der Waals surface area (Å²) in [5.74, 6) is 0.719. The van der Waals surface area contributed by atoms with Crippen LogP contribution in [0.1, 0.15) is 56.6 Å². The molecule has 2 heteroatoms. The minimum atomic E-state index is -0.0811. The second kappa shape index (κ2) is 6.58. The molecule has 0 aromatic heterocycles. The lowest BCUT2D eigenvalue weighted by Gasteiger charge is -2.18. The van der Waals surface area contributed by atoms with Crippen molar-refractivity contribution < 1.29 is 9.53 Å². The molecular weight excluding hydrogens is 224 g/mol. The molecule has 0 bridgehead atoms. The average molecular weight is 246 g/mol. The Hall–Kier alpha value is -1.31. The molecule has 0 N–H and O–H groups in total. The highest BCUT2D eigenvalue weighted by atomic mass is 16.5. The van der Waals surface area contributed by atoms with Crippen LogP contribution in [0.25, 0.3) is 0 Å². The van der Waals surface area contributed by atoms with Crippen LogP contribution in [0.3, 0.4) is 0 Å². The summed E-state index contributed by atoms with van der Waals surface area (Å²) in [6.45, 7) is 2.14. The molecule has 1 aromatic rings. The van der Waals surface area contributed by atoms with Crippen molar-refractivity contribution in [2.75, 3.05) is 0 Å². The first-order valence-corrected chi connectivity index (χ1v) is 7.12. The zero-order valence-electron chi connectivity index (χ0n) is 11.2. The molecule has 1 aliphatic carbocycles. The SMILES string of the molecule is CCCCCC(=O)Oc1cccc2c1CCCC2. The van der Waals surface area contributed by atoms with Gasteiger partial charge in [0.15, 0.2) is 0 Å². The van der Waals surface area contributed by atoms with Gasteiger partial charge in [-0.05, 0) is 49.3 Å². The Morgan fingerprint density at radius 2 is 2.06 bits per heavy atom. The number of rotatable bonds is 5. The lowest BCUT2D eigenvalue weighted by Crippen LogP contribution is -2.11. The van der Waals surface area contributed by atoms with Crippen LogP contribution >= 0.6 is 0 Å². The largest absolute Gasteiger partial charge is 0.426 e. The Morgan fingerprint density at radius 3 is 2.89 bits per heavy atom. The number of carbonyl (C=O) groups is 1. The van der Waals surface area contributed by atoms with Crippen LogP contribution in [-0.4, -0.2) is 5.97 Å². The van der Waals surface area contributed by atoms with Gasteiger partial charge < -0.3 is 4.74 Å². The fourth-order valence-electron chi connectivity index (χ4n) is 2.53. The molecule has 0 saturated carbocycles. The summed E-state index contributed by atoms with van der Waals surface area (Å²) < 4.78 is 5.52. The minimum Gasteiger partial charge on any atom is -0.426 e. The summed E-state index contributed by atoms with van der Waals surface area (Å²) in [7, 11) is 0. The Bertz CT molecular complexity index is 410. The molecular formula is C16H22O2. The van der Waals surface area contributed by atoms with Crippen LogP contribution in [0.15, 0.2) is 18.2 Å². The monoisotopic (exact) mass is 246 g/mol. The second-order valence-electron chi connectivity index (χ2n) is 5.03. The molecule has 1 aliphatic rings. The van der Waals surface area contributed by atoms with Gasteiger partial charge in [0.05, 0.1) is 0 Å². The third kappa shape index (κ3) is 3.34. The number of unbranched alkanes of at least 4 members (excludes halogenated alkanes) is 2. The van der Waals surface area contributed by atoms with E-state index >= 15 is 0 Å². The summed E-state index contributed by atoms with van der Waals surface area (Å²) in [6.07, 6.45) is 8.33. The minimum absolute atomic E-state index is 0.0811. The van der Waals surface area contributed by atoms with Crippen LogP contribution < -0.4 is 4.74 Å². The van der Waals surface area contributed by atoms with E-state index in [1.165, 1.54) is 24.0 Å². The molecule has 0 heterocycles. The molecule has 98 valence electrons. The quantitative estimate of drug-likeness (QED) is 0.445. The average Bonchev–Trinajstić information content (AvgIpc) is 2.39. The number of esters is 1. The van der Waals surface area contributed by atoms with Gasteiger partial charge in [0.25, 0.3) is 0 Å². The van der Waals surface area contributed by atoms with Crippen LogP contribution in [0.2, 0.25) is 0 Å². The summed E-state index contributed by atoms with van der Waals surface area (Å²) in [5, 5.41) is 0. The maximum atomic E-state index is 11.8. The number of hydrogen-bond donors (Lipinski definition) is 0. The third-order valence-electron chi connectivity index (χ3n) is 3.56. The summed E-state index contributed by atoms with van der Waals surface area (Å²) in [6, 6.07) is 6.09. The van der Waals surface area contributed by atoms with Crippen molar-refractivity contribution in [2.45, 2.75) is 58.3 Å². The van der Waals surface area contributed by atoms with E-state index in [1.807, 2.05) is 12.1 Å². The van der Waals surface area contributed by atoms with Gasteiger partial charge in [0.1, 0.15) is 5.75 Å². The van der Waals surface area contributed by atoms with Gasteiger partial charge in [0.2, 0.25) is 0 Å². The van der Waals surface area contributed by atoms with E-state index in [9.17, 15) is 4.79 Å². The maximum absolute atomic E-state index is 11.8. The number of ether oxygens (including phenoxy) is 1. The lowest BCUT2D eigenvalue weighted by molar-refractivity contribution is -0.134. The molecule has 2 nitrogen and oxygen atoms in total. The summed E-state index contributed by atoms with van der Waals surface area (Å²) >= 11 is 0. The van der Waals surface area contributed by atoms with E-state index in [0.717, 1.165) is 37.9 Å². The normalized spacial score (nSPS) is 14.1. The van der Waals surface area contributed by atoms with Gasteiger partial charge >= 0.3 is 5.97 Å². The van der Waals surface area contributed by atoms with E-state index in [0.29, 0.717) is 6.42 Å². The van der Waals surface area contributed by atoms with Crippen molar-refractivity contribution in [1.82, 2.24) is 0 Å². The topological polar surface area (TPSA) is 26.3 Å². The highest BCUT2D eigenvalue weighted by Crippen LogP contribution is 2.29. The highest BCUT2D eigenvalue weighted by Gasteiger charge is 2.15. The first kappa shape index (κ1) is 13.1. The lowest BCUT2D eigenvalue weighted by atomic mass is 9.91. The van der Waals surface area contributed by atoms with E-state index in [-0.39, 0.29) is 5.97 Å². The van der Waals surface area contributed by atoms with E-state index < -0.39 is 0 Å². The molecule has 18 heavy (non-hydrogen) atoms. The van der Waals surface area contributed by atoms with Crippen molar-refractivity contribution in [3.8, 4) is 5.75 Å². The molecule has 0 unspecified atom stereocenters. The van der Waals surface area contributed by atoms with Gasteiger partial charge in [-0.2, -0.15) is 0 Å². The zero-order valence-corrected chi connectivity index (χ0v) is 11.2. The molecule has 0 amide bonds. The maximum Gasteiger partial charge on any atom is 0.311 e. The van der Waals surface area contributed by atoms with Crippen LogP contribution in [0, 0.1) is 0 Å². The van der Waals surface area contributed by atoms with Gasteiger partial charge in [-0.15, -0.1) is 0 Å². The summed E-state index contributed by atoms with van der Waals surface area (Å²) in [4.78, 5) is 11.8. The van der Waals surface area contributed by atoms with Crippen molar-refractivity contribution in [3.63, 3.8) is 0 Å². The third-order valence-corrected chi connectivity index (χ3v) is 3.56. The number of fused-ring (bicyclic) bond motifs is 1. The predicted octanol–water partition coefficient (Wildman–Crippen LogP) is 4.05. The van der Waals surface area contributed by atoms with Gasteiger partial charge in [-0.3, -0.25) is 4.79 Å². The van der Waals surface area contributed by atoms with Crippen LogP contribution in [-0.2, 0) is 17.6 Å². The Morgan fingerprint density at radius 1 is 1.22 bits per heavy atom. The highest BCUT2D eigenvalue weighted by molar-refractivity contribution is 5.73. The van der Waals surface area contributed by atoms with E-state index in [2.05, 4.69) is 13.0 Å². The molecule has 0 spiro atoms. The van der Waals surface area contributed by atoms with Gasteiger partial charge in [-0.25, -0.2) is 0 Å². The van der Waals surface area contributed by atoms with E-state index in [4.69, 9.17) is 4.74 Å².